The third kappa shape index (κ3) is 4.99. The van der Waals surface area contributed by atoms with Gasteiger partial charge in [-0.2, -0.15) is 0 Å². The molecule has 0 aliphatic heterocycles. The highest BCUT2D eigenvalue weighted by atomic mass is 32.1. The molecule has 0 amide bonds. The van der Waals surface area contributed by atoms with E-state index in [1.54, 1.807) is 0 Å². The molecule has 0 spiro atoms. The molecule has 3 aromatic heterocycles. The number of hydrogen-bond acceptors (Lipinski definition) is 4. The molecule has 0 atom stereocenters. The maximum Gasteiger partial charge on any atom is 0.160 e. The van der Waals surface area contributed by atoms with Crippen LogP contribution >= 0.6 is 22.7 Å². The Morgan fingerprint density at radius 1 is 0.460 bits per heavy atom. The van der Waals surface area contributed by atoms with Crippen LogP contribution in [-0.4, -0.2) is 9.97 Å². The summed E-state index contributed by atoms with van der Waals surface area (Å²) in [5, 5.41) is 3.90. The first-order valence-corrected chi connectivity index (χ1v) is 18.7. The third-order valence-corrected chi connectivity index (χ3v) is 12.3. The first-order chi connectivity index (χ1) is 24.8. The highest BCUT2D eigenvalue weighted by molar-refractivity contribution is 7.26. The smallest absolute Gasteiger partial charge is 0.160 e. The van der Waals surface area contributed by atoms with Crippen molar-refractivity contribution in [2.75, 3.05) is 0 Å². The summed E-state index contributed by atoms with van der Waals surface area (Å²) in [5.41, 5.74) is 11.2. The number of hydrogen-bond donors (Lipinski definition) is 0. The number of fused-ring (bicyclic) bond motifs is 6. The summed E-state index contributed by atoms with van der Waals surface area (Å²) in [6, 6.07) is 52.2. The Balaban J connectivity index is 1.13. The number of rotatable bonds is 5. The highest BCUT2D eigenvalue weighted by Crippen LogP contribution is 2.42. The minimum Gasteiger partial charge on any atom is -0.228 e. The van der Waals surface area contributed by atoms with Crippen LogP contribution in [0.25, 0.3) is 92.5 Å². The van der Waals surface area contributed by atoms with Gasteiger partial charge < -0.3 is 0 Å². The largest absolute Gasteiger partial charge is 0.228 e. The molecule has 236 valence electrons. The maximum absolute atomic E-state index is 5.30. The predicted octanol–water partition coefficient (Wildman–Crippen LogP) is 13.4. The monoisotopic (exact) mass is 674 g/mol. The van der Waals surface area contributed by atoms with Gasteiger partial charge in [-0.15, -0.1) is 22.7 Å². The second kappa shape index (κ2) is 12.0. The number of aryl methyl sites for hydroxylation is 1. The van der Waals surface area contributed by atoms with Crippen molar-refractivity contribution >= 4 is 59.0 Å². The van der Waals surface area contributed by atoms with Crippen LogP contribution in [0.2, 0.25) is 0 Å². The van der Waals surface area contributed by atoms with Crippen molar-refractivity contribution in [2.45, 2.75) is 12.8 Å². The van der Waals surface area contributed by atoms with Crippen molar-refractivity contribution in [1.29, 1.82) is 0 Å². The Bertz CT molecular complexity index is 2750. The molecule has 50 heavy (non-hydrogen) atoms. The standard InChI is InChI=1S/C46H30N2S2/c1-2-11-30(12-3-1)33-13-4-5-14-34(33)40-28-41(38-18-10-17-37-35-15-6-9-20-43(35)50-45(37)38)48-46(47-40)31-23-21-29(22-24-31)32-25-26-44-39(27-32)36-16-7-8-19-42(36)49-44/h1-7,9-18,20-28H,8,19H2. The average Bonchev–Trinajstić information content (AvgIpc) is 3.76. The molecule has 1 aliphatic carbocycles. The predicted molar refractivity (Wildman–Crippen MR) is 215 cm³/mol. The Kier molecular flexibility index (Phi) is 7.04. The molecule has 3 heterocycles. The second-order valence-electron chi connectivity index (χ2n) is 12.8. The van der Waals surface area contributed by atoms with Gasteiger partial charge in [0.15, 0.2) is 5.82 Å². The number of allylic oxidation sites excluding steroid dienone is 1. The van der Waals surface area contributed by atoms with Gasteiger partial charge in [0.1, 0.15) is 0 Å². The van der Waals surface area contributed by atoms with Crippen molar-refractivity contribution in [1.82, 2.24) is 9.97 Å². The fourth-order valence-electron chi connectivity index (χ4n) is 7.32. The SMILES string of the molecule is C1=Cc2c(sc3ccc(-c4ccc(-c5nc(-c6ccccc6-c6ccccc6)cc(-c6cccc7c6sc6ccccc67)n5)cc4)cc23)CC1. The lowest BCUT2D eigenvalue weighted by molar-refractivity contribution is 1.02. The number of aromatic nitrogens is 2. The minimum absolute atomic E-state index is 0.720. The van der Waals surface area contributed by atoms with E-state index in [2.05, 4.69) is 158 Å². The summed E-state index contributed by atoms with van der Waals surface area (Å²) < 4.78 is 3.90. The molecule has 2 nitrogen and oxygen atoms in total. The maximum atomic E-state index is 5.30. The molecular formula is C46H30N2S2. The van der Waals surface area contributed by atoms with Crippen LogP contribution < -0.4 is 0 Å². The average molecular weight is 675 g/mol. The first kappa shape index (κ1) is 29.3. The zero-order valence-electron chi connectivity index (χ0n) is 27.1. The van der Waals surface area contributed by atoms with Crippen LogP contribution in [0.1, 0.15) is 16.9 Å². The van der Waals surface area contributed by atoms with E-state index in [0.717, 1.165) is 52.3 Å². The minimum atomic E-state index is 0.720. The van der Waals surface area contributed by atoms with E-state index in [-0.39, 0.29) is 0 Å². The van der Waals surface area contributed by atoms with E-state index in [9.17, 15) is 0 Å². The summed E-state index contributed by atoms with van der Waals surface area (Å²) in [6.07, 6.45) is 6.89. The fraction of sp³-hybridized carbons (Fsp3) is 0.0435. The normalized spacial score (nSPS) is 12.6. The highest BCUT2D eigenvalue weighted by Gasteiger charge is 2.18. The summed E-state index contributed by atoms with van der Waals surface area (Å²) in [6.45, 7) is 0. The quantitative estimate of drug-likeness (QED) is 0.182. The lowest BCUT2D eigenvalue weighted by Gasteiger charge is -2.13. The zero-order valence-corrected chi connectivity index (χ0v) is 28.8. The van der Waals surface area contributed by atoms with Crippen molar-refractivity contribution in [3.05, 3.63) is 162 Å². The number of benzene rings is 6. The van der Waals surface area contributed by atoms with Crippen LogP contribution in [-0.2, 0) is 6.42 Å². The molecule has 6 aromatic carbocycles. The molecule has 0 bridgehead atoms. The van der Waals surface area contributed by atoms with Crippen molar-refractivity contribution in [3.63, 3.8) is 0 Å². The third-order valence-electron chi connectivity index (χ3n) is 9.80. The van der Waals surface area contributed by atoms with Crippen molar-refractivity contribution < 1.29 is 0 Å². The van der Waals surface area contributed by atoms with E-state index in [1.165, 1.54) is 57.4 Å². The van der Waals surface area contributed by atoms with E-state index in [0.29, 0.717) is 0 Å². The molecule has 4 heteroatoms. The fourth-order valence-corrected chi connectivity index (χ4v) is 9.73. The van der Waals surface area contributed by atoms with Gasteiger partial charge >= 0.3 is 0 Å². The Labute approximate surface area is 298 Å². The van der Waals surface area contributed by atoms with Gasteiger partial charge in [-0.05, 0) is 64.9 Å². The molecule has 0 saturated carbocycles. The van der Waals surface area contributed by atoms with Crippen LogP contribution in [0, 0.1) is 0 Å². The topological polar surface area (TPSA) is 25.8 Å². The Hall–Kier alpha value is -5.68. The van der Waals surface area contributed by atoms with E-state index in [1.807, 2.05) is 22.7 Å². The summed E-state index contributed by atoms with van der Waals surface area (Å²) in [4.78, 5) is 12.1. The van der Waals surface area contributed by atoms with Gasteiger partial charge in [0.05, 0.1) is 11.4 Å². The molecule has 9 aromatic rings. The van der Waals surface area contributed by atoms with Gasteiger partial charge in [-0.3, -0.25) is 0 Å². The molecule has 1 aliphatic rings. The molecule has 0 unspecified atom stereocenters. The van der Waals surface area contributed by atoms with Gasteiger partial charge in [0.2, 0.25) is 0 Å². The Morgan fingerprint density at radius 2 is 1.14 bits per heavy atom. The molecular weight excluding hydrogens is 645 g/mol. The lowest BCUT2D eigenvalue weighted by Crippen LogP contribution is -1.97. The van der Waals surface area contributed by atoms with Crippen molar-refractivity contribution in [3.8, 4) is 56.2 Å². The van der Waals surface area contributed by atoms with Crippen LogP contribution in [0.5, 0.6) is 0 Å². The van der Waals surface area contributed by atoms with Gasteiger partial charge in [-0.1, -0.05) is 133 Å². The molecule has 0 fully saturated rings. The van der Waals surface area contributed by atoms with E-state index in [4.69, 9.17) is 9.97 Å². The van der Waals surface area contributed by atoms with Gasteiger partial charge in [0, 0.05) is 51.8 Å². The van der Waals surface area contributed by atoms with Gasteiger partial charge in [0.25, 0.3) is 0 Å². The molecule has 10 rings (SSSR count). The molecule has 0 N–H and O–H groups in total. The molecule has 0 saturated heterocycles. The first-order valence-electron chi connectivity index (χ1n) is 17.0. The van der Waals surface area contributed by atoms with Crippen LogP contribution in [0.3, 0.4) is 0 Å². The summed E-state index contributed by atoms with van der Waals surface area (Å²) in [7, 11) is 0. The van der Waals surface area contributed by atoms with Crippen LogP contribution in [0.4, 0.5) is 0 Å². The lowest BCUT2D eigenvalue weighted by atomic mass is 9.96. The second-order valence-corrected chi connectivity index (χ2v) is 15.0. The van der Waals surface area contributed by atoms with Crippen LogP contribution in [0.15, 0.2) is 152 Å². The van der Waals surface area contributed by atoms with Crippen molar-refractivity contribution in [2.24, 2.45) is 0 Å². The Morgan fingerprint density at radius 3 is 2.02 bits per heavy atom. The number of thiophene rings is 2. The summed E-state index contributed by atoms with van der Waals surface area (Å²) >= 11 is 3.77. The molecule has 0 radical (unpaired) electrons. The van der Waals surface area contributed by atoms with E-state index >= 15 is 0 Å². The summed E-state index contributed by atoms with van der Waals surface area (Å²) in [5.74, 6) is 0.720. The number of nitrogens with zero attached hydrogens (tertiary/aromatic N) is 2. The van der Waals surface area contributed by atoms with Gasteiger partial charge in [-0.25, -0.2) is 9.97 Å². The zero-order chi connectivity index (χ0) is 33.0. The van der Waals surface area contributed by atoms with E-state index < -0.39 is 0 Å².